The molecule has 1 aromatic rings. The van der Waals surface area contributed by atoms with Crippen molar-refractivity contribution in [1.82, 2.24) is 4.98 Å². The summed E-state index contributed by atoms with van der Waals surface area (Å²) in [5, 5.41) is 9.46. The van der Waals surface area contributed by atoms with Gasteiger partial charge in [-0.25, -0.2) is 0 Å². The van der Waals surface area contributed by atoms with Gasteiger partial charge in [0.05, 0.1) is 17.1 Å². The van der Waals surface area contributed by atoms with Crippen molar-refractivity contribution >= 4 is 23.2 Å². The Bertz CT molecular complexity index is 219. The first-order chi connectivity index (χ1) is 4.75. The van der Waals surface area contributed by atoms with Gasteiger partial charge >= 0.3 is 0 Å². The summed E-state index contributed by atoms with van der Waals surface area (Å²) in [5.74, 6) is 0.246. The summed E-state index contributed by atoms with van der Waals surface area (Å²) in [6.45, 7) is 0. The minimum atomic E-state index is 0.0440. The molecule has 0 aliphatic heterocycles. The standard InChI is InChI=1S/C6H5Cl2NO/c7-1-4-5(8)2-9-3-6(4)10/h2-3,10H,1H2. The van der Waals surface area contributed by atoms with E-state index in [0.29, 0.717) is 10.6 Å². The summed E-state index contributed by atoms with van der Waals surface area (Å²) in [6.07, 6.45) is 2.75. The first-order valence-corrected chi connectivity index (χ1v) is 3.54. The summed E-state index contributed by atoms with van der Waals surface area (Å²) in [7, 11) is 0. The number of hydrogen-bond donors (Lipinski definition) is 1. The van der Waals surface area contributed by atoms with Gasteiger partial charge in [0.15, 0.2) is 0 Å². The van der Waals surface area contributed by atoms with Crippen molar-refractivity contribution in [2.45, 2.75) is 5.88 Å². The fourth-order valence-electron chi connectivity index (χ4n) is 0.584. The van der Waals surface area contributed by atoms with Crippen LogP contribution < -0.4 is 0 Å². The van der Waals surface area contributed by atoms with Gasteiger partial charge in [0.1, 0.15) is 5.75 Å². The van der Waals surface area contributed by atoms with E-state index in [4.69, 9.17) is 28.3 Å². The lowest BCUT2D eigenvalue weighted by Crippen LogP contribution is -1.82. The number of alkyl halides is 1. The van der Waals surface area contributed by atoms with Crippen molar-refractivity contribution in [3.8, 4) is 5.75 Å². The van der Waals surface area contributed by atoms with Crippen LogP contribution in [0.1, 0.15) is 5.56 Å². The topological polar surface area (TPSA) is 33.1 Å². The van der Waals surface area contributed by atoms with E-state index in [-0.39, 0.29) is 11.6 Å². The molecule has 0 saturated heterocycles. The highest BCUT2D eigenvalue weighted by Crippen LogP contribution is 2.24. The van der Waals surface area contributed by atoms with E-state index < -0.39 is 0 Å². The van der Waals surface area contributed by atoms with Crippen molar-refractivity contribution in [3.05, 3.63) is 23.0 Å². The van der Waals surface area contributed by atoms with Gasteiger partial charge in [0.2, 0.25) is 0 Å². The Morgan fingerprint density at radius 3 is 2.60 bits per heavy atom. The van der Waals surface area contributed by atoms with Crippen LogP contribution >= 0.6 is 23.2 Å². The van der Waals surface area contributed by atoms with Crippen molar-refractivity contribution in [3.63, 3.8) is 0 Å². The molecule has 1 aromatic heterocycles. The first kappa shape index (κ1) is 7.63. The van der Waals surface area contributed by atoms with Crippen LogP contribution in [-0.4, -0.2) is 10.1 Å². The predicted octanol–water partition coefficient (Wildman–Crippen LogP) is 2.18. The second-order valence-corrected chi connectivity index (χ2v) is 2.43. The molecule has 2 nitrogen and oxygen atoms in total. The van der Waals surface area contributed by atoms with Crippen molar-refractivity contribution in [2.75, 3.05) is 0 Å². The minimum absolute atomic E-state index is 0.0440. The van der Waals surface area contributed by atoms with Crippen LogP contribution in [0.25, 0.3) is 0 Å². The van der Waals surface area contributed by atoms with Crippen molar-refractivity contribution in [1.29, 1.82) is 0 Å². The Morgan fingerprint density at radius 2 is 2.20 bits per heavy atom. The molecule has 10 heavy (non-hydrogen) atoms. The molecule has 1 rings (SSSR count). The Hall–Kier alpha value is -0.470. The molecule has 0 aliphatic carbocycles. The molecule has 0 radical (unpaired) electrons. The van der Waals surface area contributed by atoms with E-state index in [1.165, 1.54) is 12.4 Å². The van der Waals surface area contributed by atoms with E-state index in [2.05, 4.69) is 4.98 Å². The number of hydrogen-bond acceptors (Lipinski definition) is 2. The summed E-state index contributed by atoms with van der Waals surface area (Å²) in [5.41, 5.74) is 0.526. The maximum atomic E-state index is 9.06. The molecule has 4 heteroatoms. The Morgan fingerprint density at radius 1 is 1.50 bits per heavy atom. The summed E-state index contributed by atoms with van der Waals surface area (Å²) >= 11 is 11.1. The Kier molecular flexibility index (Phi) is 2.35. The first-order valence-electron chi connectivity index (χ1n) is 2.63. The number of rotatable bonds is 1. The lowest BCUT2D eigenvalue weighted by molar-refractivity contribution is 0.468. The van der Waals surface area contributed by atoms with E-state index in [1.54, 1.807) is 0 Å². The van der Waals surface area contributed by atoms with Crippen molar-refractivity contribution < 1.29 is 5.11 Å². The normalized spacial score (nSPS) is 9.80. The van der Waals surface area contributed by atoms with Crippen LogP contribution in [0.2, 0.25) is 5.02 Å². The van der Waals surface area contributed by atoms with Crippen LogP contribution in [0.5, 0.6) is 5.75 Å². The van der Waals surface area contributed by atoms with Gasteiger partial charge in [0.25, 0.3) is 0 Å². The molecule has 1 N–H and O–H groups in total. The molecule has 0 fully saturated rings. The third-order valence-corrected chi connectivity index (χ3v) is 1.71. The van der Waals surface area contributed by atoms with Crippen LogP contribution in [0.3, 0.4) is 0 Å². The van der Waals surface area contributed by atoms with Gasteiger partial charge in [0, 0.05) is 11.8 Å². The zero-order valence-electron chi connectivity index (χ0n) is 5.01. The molecule has 0 atom stereocenters. The molecule has 0 amide bonds. The molecule has 54 valence electrons. The maximum Gasteiger partial charge on any atom is 0.139 e. The summed E-state index contributed by atoms with van der Waals surface area (Å²) in [4.78, 5) is 3.65. The number of aromatic hydroxyl groups is 1. The molecule has 0 aromatic carbocycles. The lowest BCUT2D eigenvalue weighted by atomic mass is 10.3. The van der Waals surface area contributed by atoms with E-state index in [1.807, 2.05) is 0 Å². The van der Waals surface area contributed by atoms with Gasteiger partial charge in [-0.15, -0.1) is 11.6 Å². The largest absolute Gasteiger partial charge is 0.506 e. The third kappa shape index (κ3) is 1.33. The van der Waals surface area contributed by atoms with E-state index in [9.17, 15) is 0 Å². The average Bonchev–Trinajstić information content (AvgIpc) is 1.88. The van der Waals surface area contributed by atoms with Crippen molar-refractivity contribution in [2.24, 2.45) is 0 Å². The number of aromatic nitrogens is 1. The smallest absolute Gasteiger partial charge is 0.139 e. The SMILES string of the molecule is Oc1cncc(Cl)c1CCl. The lowest BCUT2D eigenvalue weighted by Gasteiger charge is -1.99. The summed E-state index contributed by atoms with van der Waals surface area (Å²) in [6, 6.07) is 0. The van der Waals surface area contributed by atoms with Crippen LogP contribution in [0.4, 0.5) is 0 Å². The molecule has 0 saturated carbocycles. The zero-order valence-corrected chi connectivity index (χ0v) is 6.52. The van der Waals surface area contributed by atoms with Crippen LogP contribution in [0, 0.1) is 0 Å². The van der Waals surface area contributed by atoms with Crippen LogP contribution in [-0.2, 0) is 5.88 Å². The fraction of sp³-hybridized carbons (Fsp3) is 0.167. The monoisotopic (exact) mass is 177 g/mol. The molecule has 0 spiro atoms. The second kappa shape index (κ2) is 3.08. The fourth-order valence-corrected chi connectivity index (χ4v) is 1.15. The highest BCUT2D eigenvalue weighted by Gasteiger charge is 2.03. The quantitative estimate of drug-likeness (QED) is 0.668. The average molecular weight is 178 g/mol. The van der Waals surface area contributed by atoms with Gasteiger partial charge in [-0.2, -0.15) is 0 Å². The van der Waals surface area contributed by atoms with E-state index in [0.717, 1.165) is 0 Å². The number of pyridine rings is 1. The Labute approximate surface area is 68.4 Å². The minimum Gasteiger partial charge on any atom is -0.506 e. The molecule has 0 unspecified atom stereocenters. The predicted molar refractivity (Wildman–Crippen MR) is 40.5 cm³/mol. The van der Waals surface area contributed by atoms with Gasteiger partial charge < -0.3 is 5.11 Å². The molecule has 0 bridgehead atoms. The van der Waals surface area contributed by atoms with E-state index >= 15 is 0 Å². The Balaban J connectivity index is 3.17. The second-order valence-electron chi connectivity index (χ2n) is 1.75. The third-order valence-electron chi connectivity index (χ3n) is 1.12. The van der Waals surface area contributed by atoms with Crippen LogP contribution in [0.15, 0.2) is 12.4 Å². The molecule has 0 aliphatic rings. The maximum absolute atomic E-state index is 9.06. The van der Waals surface area contributed by atoms with Gasteiger partial charge in [-0.3, -0.25) is 4.98 Å². The van der Waals surface area contributed by atoms with Gasteiger partial charge in [-0.1, -0.05) is 11.6 Å². The van der Waals surface area contributed by atoms with Gasteiger partial charge in [-0.05, 0) is 0 Å². The summed E-state index contributed by atoms with van der Waals surface area (Å²) < 4.78 is 0. The number of nitrogens with zero attached hydrogens (tertiary/aromatic N) is 1. The molecule has 1 heterocycles. The number of halogens is 2. The highest BCUT2D eigenvalue weighted by atomic mass is 35.5. The molecular weight excluding hydrogens is 173 g/mol. The zero-order chi connectivity index (χ0) is 7.56. The highest BCUT2D eigenvalue weighted by molar-refractivity contribution is 6.32. The molecular formula is C6H5Cl2NO.